The van der Waals surface area contributed by atoms with E-state index >= 15 is 0 Å². The summed E-state index contributed by atoms with van der Waals surface area (Å²) >= 11 is 0. The fraction of sp³-hybridized carbons (Fsp3) is 0.400. The van der Waals surface area contributed by atoms with Crippen LogP contribution in [0.5, 0.6) is 0 Å². The topological polar surface area (TPSA) is 136 Å². The van der Waals surface area contributed by atoms with Crippen molar-refractivity contribution in [3.05, 3.63) is 65.7 Å². The first kappa shape index (κ1) is 21.5. The van der Waals surface area contributed by atoms with Crippen molar-refractivity contribution >= 4 is 23.4 Å². The molecule has 0 aromatic heterocycles. The van der Waals surface area contributed by atoms with Crippen molar-refractivity contribution in [2.45, 2.75) is 61.8 Å². The normalized spacial score (nSPS) is 29.1. The van der Waals surface area contributed by atoms with E-state index in [1.54, 1.807) is 17.0 Å². The molecule has 0 bridgehead atoms. The minimum atomic E-state index is -1.87. The van der Waals surface area contributed by atoms with E-state index in [9.17, 15) is 14.4 Å². The highest BCUT2D eigenvalue weighted by molar-refractivity contribution is 6.14. The van der Waals surface area contributed by atoms with Crippen molar-refractivity contribution in [2.75, 3.05) is 4.90 Å². The largest absolute Gasteiger partial charge is 0.369 e. The van der Waals surface area contributed by atoms with Crippen LogP contribution >= 0.6 is 0 Å². The van der Waals surface area contributed by atoms with Crippen molar-refractivity contribution in [1.29, 1.82) is 0 Å². The van der Waals surface area contributed by atoms with Gasteiger partial charge in [-0.15, -0.1) is 0 Å². The summed E-state index contributed by atoms with van der Waals surface area (Å²) in [5.74, 6) is -2.05. The van der Waals surface area contributed by atoms with E-state index in [2.05, 4.69) is 0 Å². The smallest absolute Gasteiger partial charge is 0.265 e. The van der Waals surface area contributed by atoms with Crippen molar-refractivity contribution in [2.24, 2.45) is 17.2 Å². The molecule has 6 N–H and O–H groups in total. The van der Waals surface area contributed by atoms with Crippen LogP contribution < -0.4 is 22.1 Å². The number of carbonyl (C=O) groups excluding carboxylic acids is 3. The molecule has 1 saturated heterocycles. The summed E-state index contributed by atoms with van der Waals surface area (Å²) in [6.07, 6.45) is 4.41. The molecule has 0 spiro atoms. The maximum Gasteiger partial charge on any atom is 0.265 e. The first-order valence-electron chi connectivity index (χ1n) is 11.5. The molecule has 0 radical (unpaired) electrons. The first-order chi connectivity index (χ1) is 15.8. The number of amides is 3. The van der Waals surface area contributed by atoms with Gasteiger partial charge < -0.3 is 21.3 Å². The third-order valence-corrected chi connectivity index (χ3v) is 7.71. The Morgan fingerprint density at radius 2 is 1.58 bits per heavy atom. The monoisotopic (exact) mass is 447 g/mol. The van der Waals surface area contributed by atoms with Gasteiger partial charge in [-0.1, -0.05) is 67.8 Å². The lowest BCUT2D eigenvalue weighted by Crippen LogP contribution is -2.72. The molecule has 3 unspecified atom stereocenters. The molecule has 2 aromatic rings. The molecule has 1 saturated carbocycles. The Labute approximate surface area is 192 Å². The van der Waals surface area contributed by atoms with Gasteiger partial charge in [0.1, 0.15) is 6.04 Å². The Morgan fingerprint density at radius 1 is 0.939 bits per heavy atom. The molecule has 2 fully saturated rings. The Balaban J connectivity index is 1.76. The van der Waals surface area contributed by atoms with Crippen molar-refractivity contribution in [3.8, 4) is 0 Å². The molecule has 2 aromatic carbocycles. The highest BCUT2D eigenvalue weighted by Crippen LogP contribution is 2.58. The van der Waals surface area contributed by atoms with Crippen molar-refractivity contribution in [3.63, 3.8) is 0 Å². The summed E-state index contributed by atoms with van der Waals surface area (Å²) in [5, 5.41) is 0. The summed E-state index contributed by atoms with van der Waals surface area (Å²) in [6, 6.07) is 15.2. The third kappa shape index (κ3) is 2.70. The lowest BCUT2D eigenvalue weighted by atomic mass is 9.68. The van der Waals surface area contributed by atoms with Gasteiger partial charge in [0, 0.05) is 18.3 Å². The number of para-hydroxylation sites is 1. The fourth-order valence-corrected chi connectivity index (χ4v) is 6.33. The van der Waals surface area contributed by atoms with Crippen LogP contribution in [0.1, 0.15) is 43.2 Å². The summed E-state index contributed by atoms with van der Waals surface area (Å²) in [7, 11) is 0. The van der Waals surface area contributed by atoms with Crippen LogP contribution in [0.2, 0.25) is 0 Å². The van der Waals surface area contributed by atoms with Crippen LogP contribution in [0, 0.1) is 0 Å². The number of benzene rings is 2. The Hall–Kier alpha value is -3.39. The molecule has 33 heavy (non-hydrogen) atoms. The zero-order chi connectivity index (χ0) is 23.4. The average Bonchev–Trinajstić information content (AvgIpc) is 3.17. The van der Waals surface area contributed by atoms with Gasteiger partial charge in [-0.2, -0.15) is 0 Å². The molecule has 3 aliphatic rings. The number of nitrogens with zero attached hydrogens (tertiary/aromatic N) is 2. The number of nitrogens with two attached hydrogens (primary N) is 3. The number of carbonyl (C=O) groups is 3. The second-order valence-electron chi connectivity index (χ2n) is 9.34. The van der Waals surface area contributed by atoms with E-state index in [0.717, 1.165) is 37.7 Å². The van der Waals surface area contributed by atoms with E-state index in [4.69, 9.17) is 17.2 Å². The van der Waals surface area contributed by atoms with E-state index in [-0.39, 0.29) is 12.6 Å². The molecule has 3 amide bonds. The molecular formula is C25H29N5O3. The maximum absolute atomic E-state index is 14.2. The number of rotatable bonds is 5. The van der Waals surface area contributed by atoms with Crippen LogP contribution in [-0.2, 0) is 26.3 Å². The van der Waals surface area contributed by atoms with E-state index < -0.39 is 34.8 Å². The van der Waals surface area contributed by atoms with Gasteiger partial charge in [-0.05, 0) is 30.0 Å². The number of fused-ring (bicyclic) bond motifs is 3. The average molecular weight is 448 g/mol. The Kier molecular flexibility index (Phi) is 4.93. The van der Waals surface area contributed by atoms with Gasteiger partial charge in [0.05, 0.1) is 0 Å². The zero-order valence-electron chi connectivity index (χ0n) is 18.4. The first-order valence-corrected chi connectivity index (χ1v) is 11.5. The minimum absolute atomic E-state index is 0.211. The number of hydrogen-bond acceptors (Lipinski definition) is 5. The predicted octanol–water partition coefficient (Wildman–Crippen LogP) is 1.11. The van der Waals surface area contributed by atoms with Gasteiger partial charge >= 0.3 is 0 Å². The van der Waals surface area contributed by atoms with Crippen LogP contribution in [0.3, 0.4) is 0 Å². The molecule has 8 nitrogen and oxygen atoms in total. The maximum atomic E-state index is 14.2. The second-order valence-corrected chi connectivity index (χ2v) is 9.34. The van der Waals surface area contributed by atoms with Crippen molar-refractivity contribution < 1.29 is 14.4 Å². The minimum Gasteiger partial charge on any atom is -0.369 e. The predicted molar refractivity (Wildman–Crippen MR) is 124 cm³/mol. The van der Waals surface area contributed by atoms with Crippen LogP contribution in [0.25, 0.3) is 0 Å². The third-order valence-electron chi connectivity index (χ3n) is 7.71. The fourth-order valence-electron chi connectivity index (χ4n) is 6.33. The highest BCUT2D eigenvalue weighted by atomic mass is 16.2. The number of hydrogen-bond donors (Lipinski definition) is 3. The molecule has 2 aliphatic heterocycles. The molecule has 5 rings (SSSR count). The van der Waals surface area contributed by atoms with E-state index in [0.29, 0.717) is 11.3 Å². The number of primary amides is 2. The number of likely N-dealkylation sites (tertiary alicyclic amines) is 1. The molecular weight excluding hydrogens is 418 g/mol. The summed E-state index contributed by atoms with van der Waals surface area (Å²) < 4.78 is 0. The molecule has 172 valence electrons. The molecule has 8 heteroatoms. The summed E-state index contributed by atoms with van der Waals surface area (Å²) in [6.45, 7) is 0.277. The molecule has 3 atom stereocenters. The van der Waals surface area contributed by atoms with Gasteiger partial charge in [0.25, 0.3) is 5.91 Å². The number of anilines is 1. The molecule has 1 aliphatic carbocycles. The summed E-state index contributed by atoms with van der Waals surface area (Å²) in [4.78, 5) is 43.9. The standard InChI is InChI=1S/C25H29N5O3/c26-21(31)20-24(22(27)32)18-13-7-8-14-19(18)29(15-16-9-3-1-4-10-16)25(24,28)23(33)30(20)17-11-5-2-6-12-17/h1,3-4,7-10,13-14,17,20H,2,5-6,11-12,15,28H2,(H2,26,31)(H2,27,32). The Morgan fingerprint density at radius 3 is 2.21 bits per heavy atom. The van der Waals surface area contributed by atoms with Gasteiger partial charge in [-0.25, -0.2) is 0 Å². The van der Waals surface area contributed by atoms with Gasteiger partial charge in [-0.3, -0.25) is 20.1 Å². The summed E-state index contributed by atoms with van der Waals surface area (Å²) in [5.41, 5.74) is 17.4. The Bertz CT molecular complexity index is 1120. The van der Waals surface area contributed by atoms with E-state index in [1.807, 2.05) is 42.5 Å². The SMILES string of the molecule is NC(=O)C1N(C2CCCCC2)C(=O)C2(N)N(Cc3ccccc3)c3ccccc3C12C(N)=O. The van der Waals surface area contributed by atoms with Crippen molar-refractivity contribution in [1.82, 2.24) is 4.90 Å². The van der Waals surface area contributed by atoms with Crippen LogP contribution in [0.15, 0.2) is 54.6 Å². The van der Waals surface area contributed by atoms with E-state index in [1.165, 1.54) is 4.90 Å². The molecule has 2 heterocycles. The lowest BCUT2D eigenvalue weighted by molar-refractivity contribution is -0.139. The zero-order valence-corrected chi connectivity index (χ0v) is 18.4. The van der Waals surface area contributed by atoms with Gasteiger partial charge in [0.2, 0.25) is 11.8 Å². The van der Waals surface area contributed by atoms with Crippen LogP contribution in [-0.4, -0.2) is 40.4 Å². The lowest BCUT2D eigenvalue weighted by Gasteiger charge is -2.40. The quantitative estimate of drug-likeness (QED) is 0.631. The highest BCUT2D eigenvalue weighted by Gasteiger charge is 2.79. The second kappa shape index (κ2) is 7.59. The van der Waals surface area contributed by atoms with Gasteiger partial charge in [0.15, 0.2) is 11.1 Å². The van der Waals surface area contributed by atoms with Crippen LogP contribution in [0.4, 0.5) is 5.69 Å².